The largest absolute Gasteiger partial charge is 0.504 e. The molecule has 0 radical (unpaired) electrons. The molecule has 8 atom stereocenters. The molecule has 2 N–H and O–H groups in total. The van der Waals surface area contributed by atoms with Gasteiger partial charge in [0.1, 0.15) is 11.7 Å². The van der Waals surface area contributed by atoms with Gasteiger partial charge in [-0.1, -0.05) is 39.7 Å². The Bertz CT molecular complexity index is 1050. The maximum Gasteiger partial charge on any atom is 0.165 e. The van der Waals surface area contributed by atoms with Crippen molar-refractivity contribution < 1.29 is 19.7 Å². The summed E-state index contributed by atoms with van der Waals surface area (Å²) in [6, 6.07) is 4.04. The normalized spacial score (nSPS) is 45.5. The lowest BCUT2D eigenvalue weighted by Gasteiger charge is -2.75. The Hall–Kier alpha value is -1.26. The van der Waals surface area contributed by atoms with E-state index in [4.69, 9.17) is 9.47 Å². The van der Waals surface area contributed by atoms with Gasteiger partial charge in [0, 0.05) is 24.0 Å². The van der Waals surface area contributed by atoms with Crippen LogP contribution in [0.4, 0.5) is 0 Å². The molecule has 0 saturated heterocycles. The number of methoxy groups -OCH3 is 1. The zero-order valence-electron chi connectivity index (χ0n) is 21.6. The molecule has 7 aliphatic rings. The molecule has 5 saturated carbocycles. The highest BCUT2D eigenvalue weighted by Gasteiger charge is 2.82. The maximum absolute atomic E-state index is 12.2. The van der Waals surface area contributed by atoms with E-state index in [1.165, 1.54) is 36.8 Å². The molecule has 4 heteroatoms. The first kappa shape index (κ1) is 22.0. The van der Waals surface area contributed by atoms with Crippen LogP contribution in [0.25, 0.3) is 0 Å². The van der Waals surface area contributed by atoms with Crippen LogP contribution in [0.1, 0.15) is 90.2 Å². The number of ether oxygens (including phenoxy) is 2. The highest BCUT2D eigenvalue weighted by Crippen LogP contribution is 2.80. The molecule has 2 spiro atoms. The number of phenols is 1. The number of phenolic OH excluding ortho intramolecular Hbond substituents is 1. The van der Waals surface area contributed by atoms with E-state index in [1.807, 2.05) is 20.1 Å². The summed E-state index contributed by atoms with van der Waals surface area (Å²) in [5, 5.41) is 23.2. The second-order valence-electron chi connectivity index (χ2n) is 14.2. The van der Waals surface area contributed by atoms with Crippen LogP contribution in [0.3, 0.4) is 0 Å². The molecule has 0 aromatic heterocycles. The van der Waals surface area contributed by atoms with Crippen LogP contribution in [-0.4, -0.2) is 34.6 Å². The molecular weight excluding hydrogens is 424 g/mol. The monoisotopic (exact) mass is 466 g/mol. The van der Waals surface area contributed by atoms with E-state index in [9.17, 15) is 10.2 Å². The summed E-state index contributed by atoms with van der Waals surface area (Å²) in [6.07, 6.45) is 10.6. The second-order valence-corrected chi connectivity index (χ2v) is 14.2. The topological polar surface area (TPSA) is 58.9 Å². The number of benzene rings is 1. The van der Waals surface area contributed by atoms with Gasteiger partial charge in [-0.2, -0.15) is 0 Å². The van der Waals surface area contributed by atoms with E-state index in [2.05, 4.69) is 26.8 Å². The van der Waals surface area contributed by atoms with E-state index in [-0.39, 0.29) is 34.0 Å². The summed E-state index contributed by atoms with van der Waals surface area (Å²) in [6.45, 7) is 8.54. The molecule has 34 heavy (non-hydrogen) atoms. The summed E-state index contributed by atoms with van der Waals surface area (Å²) < 4.78 is 13.5. The Morgan fingerprint density at radius 3 is 2.53 bits per heavy atom. The zero-order chi connectivity index (χ0) is 23.9. The number of rotatable bonds is 4. The van der Waals surface area contributed by atoms with Crippen molar-refractivity contribution in [1.29, 1.82) is 0 Å². The van der Waals surface area contributed by atoms with E-state index in [0.29, 0.717) is 5.92 Å². The smallest absolute Gasteiger partial charge is 0.165 e. The summed E-state index contributed by atoms with van der Waals surface area (Å²) >= 11 is 0. The van der Waals surface area contributed by atoms with Gasteiger partial charge in [-0.3, -0.25) is 0 Å². The summed E-state index contributed by atoms with van der Waals surface area (Å²) in [5.74, 6) is 3.33. The Morgan fingerprint density at radius 1 is 1.09 bits per heavy atom. The molecule has 5 fully saturated rings. The fourth-order valence-electron chi connectivity index (χ4n) is 10.2. The van der Waals surface area contributed by atoms with Crippen molar-refractivity contribution in [1.82, 2.24) is 0 Å². The minimum atomic E-state index is -0.890. The zero-order valence-corrected chi connectivity index (χ0v) is 21.6. The molecule has 1 unspecified atom stereocenters. The van der Waals surface area contributed by atoms with Crippen molar-refractivity contribution in [3.63, 3.8) is 0 Å². The molecule has 1 aliphatic heterocycles. The summed E-state index contributed by atoms with van der Waals surface area (Å²) in [7, 11) is 1.84. The van der Waals surface area contributed by atoms with Gasteiger partial charge in [0.25, 0.3) is 0 Å². The molecule has 4 bridgehead atoms. The number of aliphatic hydroxyl groups is 1. The Morgan fingerprint density at radius 2 is 1.85 bits per heavy atom. The SMILES string of the molecule is CO[C@]12CC[C@@]3(C[C@@H]1C(C)(O)C(C)(C)C)[C@H]1Cc4ccc(O)c5c4[C@@]3(CC[C@H]1CC1CC1)[C@H]2O5. The van der Waals surface area contributed by atoms with Gasteiger partial charge >= 0.3 is 0 Å². The Kier molecular flexibility index (Phi) is 4.10. The van der Waals surface area contributed by atoms with E-state index >= 15 is 0 Å². The van der Waals surface area contributed by atoms with Crippen LogP contribution in [0, 0.1) is 34.5 Å². The van der Waals surface area contributed by atoms with E-state index in [0.717, 1.165) is 49.7 Å². The van der Waals surface area contributed by atoms with Crippen molar-refractivity contribution >= 4 is 0 Å². The first-order chi connectivity index (χ1) is 16.0. The number of hydrogen-bond acceptors (Lipinski definition) is 4. The molecule has 1 aromatic rings. The van der Waals surface area contributed by atoms with Gasteiger partial charge in [-0.25, -0.2) is 0 Å². The van der Waals surface area contributed by atoms with Crippen molar-refractivity contribution in [2.45, 2.75) is 108 Å². The van der Waals surface area contributed by atoms with Crippen LogP contribution >= 0.6 is 0 Å². The highest BCUT2D eigenvalue weighted by molar-refractivity contribution is 5.63. The quantitative estimate of drug-likeness (QED) is 0.593. The van der Waals surface area contributed by atoms with Crippen molar-refractivity contribution in [3.8, 4) is 11.5 Å². The fraction of sp³-hybridized carbons (Fsp3) is 0.800. The molecule has 0 amide bonds. The minimum absolute atomic E-state index is 0.00273. The van der Waals surface area contributed by atoms with Crippen LogP contribution in [0.15, 0.2) is 12.1 Å². The molecular formula is C30H42O4. The molecule has 8 rings (SSSR count). The average molecular weight is 467 g/mol. The predicted octanol–water partition coefficient (Wildman–Crippen LogP) is 5.76. The molecule has 186 valence electrons. The molecule has 1 aromatic carbocycles. The van der Waals surface area contributed by atoms with Gasteiger partial charge in [-0.15, -0.1) is 0 Å². The third-order valence-electron chi connectivity index (χ3n) is 12.3. The standard InChI is InChI=1S/C30H42O4/c1-26(2,3)27(4,32)22-16-28-12-13-30(22,33-5)25-29(28)11-10-18(14-17-6-7-17)20(28)15-19-8-9-21(31)24(34-25)23(19)29/h8-9,17-18,20,22,25,31-32H,6-7,10-16H2,1-5H3/t18-,20-,22+,25+,27?,28+,29-,30+/m0/s1. The van der Waals surface area contributed by atoms with Crippen LogP contribution in [-0.2, 0) is 16.6 Å². The molecule has 4 nitrogen and oxygen atoms in total. The van der Waals surface area contributed by atoms with Crippen molar-refractivity contribution in [2.75, 3.05) is 7.11 Å². The highest BCUT2D eigenvalue weighted by atomic mass is 16.6. The number of aromatic hydroxyl groups is 1. The molecule has 1 heterocycles. The average Bonchev–Trinajstić information content (AvgIpc) is 3.53. The third kappa shape index (κ3) is 2.26. The van der Waals surface area contributed by atoms with Gasteiger partial charge in [0.2, 0.25) is 0 Å². The number of fused-ring (bicyclic) bond motifs is 2. The van der Waals surface area contributed by atoms with Gasteiger partial charge in [0.15, 0.2) is 11.5 Å². The minimum Gasteiger partial charge on any atom is -0.504 e. The summed E-state index contributed by atoms with van der Waals surface area (Å²) in [4.78, 5) is 0. The lowest BCUT2D eigenvalue weighted by molar-refractivity contribution is -0.314. The molecule has 6 aliphatic carbocycles. The lowest BCUT2D eigenvalue weighted by Crippen LogP contribution is -2.80. The van der Waals surface area contributed by atoms with E-state index < -0.39 is 11.2 Å². The maximum atomic E-state index is 12.2. The van der Waals surface area contributed by atoms with Crippen LogP contribution < -0.4 is 4.74 Å². The van der Waals surface area contributed by atoms with Crippen LogP contribution in [0.5, 0.6) is 11.5 Å². The first-order valence-corrected chi connectivity index (χ1v) is 13.8. The van der Waals surface area contributed by atoms with Crippen LogP contribution in [0.2, 0.25) is 0 Å². The van der Waals surface area contributed by atoms with Gasteiger partial charge < -0.3 is 19.7 Å². The fourth-order valence-corrected chi connectivity index (χ4v) is 10.2. The van der Waals surface area contributed by atoms with E-state index in [1.54, 1.807) is 0 Å². The Labute approximate surface area is 204 Å². The first-order valence-electron chi connectivity index (χ1n) is 13.8. The Balaban J connectivity index is 1.47. The van der Waals surface area contributed by atoms with Gasteiger partial charge in [0.05, 0.1) is 5.60 Å². The summed E-state index contributed by atoms with van der Waals surface area (Å²) in [5.41, 5.74) is 1.02. The predicted molar refractivity (Wildman–Crippen MR) is 131 cm³/mol. The number of hydrogen-bond donors (Lipinski definition) is 2. The van der Waals surface area contributed by atoms with Gasteiger partial charge in [-0.05, 0) is 92.1 Å². The second kappa shape index (κ2) is 6.35. The van der Waals surface area contributed by atoms with Crippen molar-refractivity contribution in [3.05, 3.63) is 23.3 Å². The lowest BCUT2D eigenvalue weighted by atomic mass is 9.30. The third-order valence-corrected chi connectivity index (χ3v) is 12.3. The van der Waals surface area contributed by atoms with Crippen molar-refractivity contribution in [2.24, 2.45) is 34.5 Å².